The summed E-state index contributed by atoms with van der Waals surface area (Å²) in [5.74, 6) is 0. The first kappa shape index (κ1) is 16.8. The Bertz CT molecular complexity index is 132. The molecule has 0 saturated heterocycles. The van der Waals surface area contributed by atoms with Gasteiger partial charge in [-0.1, -0.05) is 13.8 Å². The molecule has 0 N–H and O–H groups in total. The van der Waals surface area contributed by atoms with Crippen LogP contribution in [-0.4, -0.2) is 12.6 Å². The van der Waals surface area contributed by atoms with Crippen molar-refractivity contribution in [3.05, 3.63) is 24.3 Å². The minimum Gasteiger partial charge on any atom is -0.419 e. The van der Waals surface area contributed by atoms with Gasteiger partial charge >= 0.3 is 19.5 Å². The van der Waals surface area contributed by atoms with Crippen molar-refractivity contribution in [2.75, 3.05) is 0 Å². The largest absolute Gasteiger partial charge is 2.00 e. The fourth-order valence-corrected chi connectivity index (χ4v) is 0. The van der Waals surface area contributed by atoms with E-state index in [1.165, 1.54) is 0 Å². The van der Waals surface area contributed by atoms with Crippen molar-refractivity contribution < 1.29 is 29.1 Å². The van der Waals surface area contributed by atoms with Crippen LogP contribution in [0.4, 0.5) is 0 Å². The van der Waals surface area contributed by atoms with Gasteiger partial charge in [-0.15, -0.1) is 0 Å². The van der Waals surface area contributed by atoms with Gasteiger partial charge in [-0.3, -0.25) is 0 Å². The van der Waals surface area contributed by atoms with Crippen LogP contribution in [0.15, 0.2) is 24.3 Å². The summed E-state index contributed by atoms with van der Waals surface area (Å²) in [6, 6.07) is 0. The maximum atomic E-state index is 9.28. The second-order valence-corrected chi connectivity index (χ2v) is 1.76. The van der Waals surface area contributed by atoms with Gasteiger partial charge in [0.25, 0.3) is 0 Å². The van der Waals surface area contributed by atoms with Gasteiger partial charge in [0.05, 0.1) is 0 Å². The van der Waals surface area contributed by atoms with Crippen LogP contribution < -0.4 is 0 Å². The molecule has 0 aromatic carbocycles. The molecule has 0 aromatic rings. The number of hydrogen-bond donors (Lipinski definition) is 0. The minimum absolute atomic E-state index is 0. The van der Waals surface area contributed by atoms with Crippen molar-refractivity contribution in [3.63, 3.8) is 0 Å². The standard InChI is InChI=1S/2C4H5O.Zn/c2*1-4(2)3-5;/h2*1H2,2H3;/q2*-1;+2. The third-order valence-corrected chi connectivity index (χ3v) is 0.348. The molecule has 0 unspecified atom stereocenters. The summed E-state index contributed by atoms with van der Waals surface area (Å²) in [6.45, 7) is 9.71. The maximum Gasteiger partial charge on any atom is 2.00 e. The normalized spacial score (nSPS) is 6.00. The minimum atomic E-state index is 0. The molecule has 0 atom stereocenters. The van der Waals surface area contributed by atoms with E-state index in [-0.39, 0.29) is 19.5 Å². The maximum absolute atomic E-state index is 9.28. The SMILES string of the molecule is C=C(C)[C-]=O.C=C(C)[C-]=O.[Zn+2]. The first-order chi connectivity index (χ1) is 4.54. The quantitative estimate of drug-likeness (QED) is 0.386. The fraction of sp³-hybridized carbons (Fsp3) is 0.250. The van der Waals surface area contributed by atoms with E-state index in [0.717, 1.165) is 0 Å². The monoisotopic (exact) mass is 202 g/mol. The van der Waals surface area contributed by atoms with E-state index in [0.29, 0.717) is 11.1 Å². The van der Waals surface area contributed by atoms with Crippen LogP contribution in [0.5, 0.6) is 0 Å². The van der Waals surface area contributed by atoms with Crippen molar-refractivity contribution in [2.45, 2.75) is 13.8 Å². The molecule has 56 valence electrons. The molecule has 0 spiro atoms. The summed E-state index contributed by atoms with van der Waals surface area (Å²) in [7, 11) is 0. The van der Waals surface area contributed by atoms with Gasteiger partial charge in [-0.25, -0.2) is 13.2 Å². The molecule has 0 heterocycles. The molecule has 0 saturated carbocycles. The van der Waals surface area contributed by atoms with Crippen molar-refractivity contribution in [1.82, 2.24) is 0 Å². The predicted octanol–water partition coefficient (Wildman–Crippen LogP) is 1.34. The molecule has 0 aliphatic heterocycles. The van der Waals surface area contributed by atoms with Gasteiger partial charge in [0.1, 0.15) is 0 Å². The predicted molar refractivity (Wildman–Crippen MR) is 41.0 cm³/mol. The summed E-state index contributed by atoms with van der Waals surface area (Å²) >= 11 is 0. The summed E-state index contributed by atoms with van der Waals surface area (Å²) in [5.41, 5.74) is 0.898. The van der Waals surface area contributed by atoms with E-state index >= 15 is 0 Å². The molecule has 3 heteroatoms. The van der Waals surface area contributed by atoms with Gasteiger partial charge in [0.15, 0.2) is 0 Å². The molecule has 0 bridgehead atoms. The Morgan fingerprint density at radius 3 is 1.09 bits per heavy atom. The van der Waals surface area contributed by atoms with Gasteiger partial charge < -0.3 is 9.59 Å². The van der Waals surface area contributed by atoms with E-state index in [1.807, 2.05) is 0 Å². The topological polar surface area (TPSA) is 34.1 Å². The van der Waals surface area contributed by atoms with Crippen LogP contribution in [0, 0.1) is 0 Å². The van der Waals surface area contributed by atoms with Crippen molar-refractivity contribution in [3.8, 4) is 0 Å². The van der Waals surface area contributed by atoms with Crippen LogP contribution in [0.1, 0.15) is 13.8 Å². The van der Waals surface area contributed by atoms with E-state index in [9.17, 15) is 9.59 Å². The number of rotatable bonds is 2. The van der Waals surface area contributed by atoms with Crippen LogP contribution in [0.3, 0.4) is 0 Å². The molecule has 0 aromatic heterocycles. The zero-order valence-corrected chi connectivity index (χ0v) is 9.90. The Balaban J connectivity index is -0.000000107. The zero-order chi connectivity index (χ0) is 8.57. The average molecular weight is 204 g/mol. The van der Waals surface area contributed by atoms with Crippen LogP contribution in [0.2, 0.25) is 0 Å². The molecular weight excluding hydrogens is 193 g/mol. The fourth-order valence-electron chi connectivity index (χ4n) is 0. The second kappa shape index (κ2) is 12.2. The van der Waals surface area contributed by atoms with Crippen LogP contribution >= 0.6 is 0 Å². The zero-order valence-electron chi connectivity index (χ0n) is 6.94. The Kier molecular flexibility index (Phi) is 18.6. The molecular formula is C8H10O2Zn. The number of carbonyl (C=O) groups excluding carboxylic acids is 2. The van der Waals surface area contributed by atoms with Crippen molar-refractivity contribution in [2.24, 2.45) is 0 Å². The van der Waals surface area contributed by atoms with Crippen molar-refractivity contribution >= 4 is 12.6 Å². The number of allylic oxidation sites excluding steroid dienone is 2. The summed E-state index contributed by atoms with van der Waals surface area (Å²) in [5, 5.41) is 0. The molecule has 0 aliphatic rings. The Labute approximate surface area is 80.1 Å². The first-order valence-corrected chi connectivity index (χ1v) is 2.62. The van der Waals surface area contributed by atoms with Gasteiger partial charge in [-0.2, -0.15) is 11.1 Å². The average Bonchev–Trinajstić information content (AvgIpc) is 1.89. The molecule has 2 nitrogen and oxygen atoms in total. The van der Waals surface area contributed by atoms with Gasteiger partial charge in [-0.05, 0) is 12.6 Å². The first-order valence-electron chi connectivity index (χ1n) is 2.62. The molecule has 0 aliphatic carbocycles. The molecule has 0 fully saturated rings. The van der Waals surface area contributed by atoms with E-state index in [2.05, 4.69) is 13.2 Å². The number of hydrogen-bond acceptors (Lipinski definition) is 2. The Morgan fingerprint density at radius 2 is 1.09 bits per heavy atom. The molecule has 0 amide bonds. The molecule has 0 rings (SSSR count). The summed E-state index contributed by atoms with van der Waals surface area (Å²) in [6.07, 6.45) is 3.17. The third kappa shape index (κ3) is 44.1. The van der Waals surface area contributed by atoms with Crippen LogP contribution in [0.25, 0.3) is 0 Å². The Morgan fingerprint density at radius 1 is 1.00 bits per heavy atom. The summed E-state index contributed by atoms with van der Waals surface area (Å²) in [4.78, 5) is 18.6. The van der Waals surface area contributed by atoms with E-state index < -0.39 is 0 Å². The second-order valence-electron chi connectivity index (χ2n) is 1.76. The van der Waals surface area contributed by atoms with Gasteiger partial charge in [0.2, 0.25) is 0 Å². The Hall–Kier alpha value is -0.557. The van der Waals surface area contributed by atoms with Gasteiger partial charge in [0, 0.05) is 0 Å². The van der Waals surface area contributed by atoms with Crippen molar-refractivity contribution in [1.29, 1.82) is 0 Å². The van der Waals surface area contributed by atoms with E-state index in [1.54, 1.807) is 26.4 Å². The van der Waals surface area contributed by atoms with Crippen LogP contribution in [-0.2, 0) is 29.1 Å². The molecule has 11 heavy (non-hydrogen) atoms. The summed E-state index contributed by atoms with van der Waals surface area (Å²) < 4.78 is 0. The van der Waals surface area contributed by atoms with E-state index in [4.69, 9.17) is 0 Å². The molecule has 0 radical (unpaired) electrons. The smallest absolute Gasteiger partial charge is 0.419 e. The third-order valence-electron chi connectivity index (χ3n) is 0.348.